The third-order valence-electron chi connectivity index (χ3n) is 4.70. The zero-order valence-corrected chi connectivity index (χ0v) is 16.5. The number of anilines is 1. The summed E-state index contributed by atoms with van der Waals surface area (Å²) in [5.41, 5.74) is 1.79. The number of carbonyl (C=O) groups is 4. The number of esters is 2. The number of rotatable bonds is 7. The van der Waals surface area contributed by atoms with Gasteiger partial charge in [0.25, 0.3) is 5.91 Å². The molecule has 2 amide bonds. The first-order valence-corrected chi connectivity index (χ1v) is 9.43. The highest BCUT2D eigenvalue weighted by Crippen LogP contribution is 2.21. The van der Waals surface area contributed by atoms with Gasteiger partial charge in [0, 0.05) is 25.2 Å². The Kier molecular flexibility index (Phi) is 6.79. The molecule has 0 spiro atoms. The third kappa shape index (κ3) is 5.44. The zero-order valence-electron chi connectivity index (χ0n) is 16.5. The lowest BCUT2D eigenvalue weighted by Gasteiger charge is -2.16. The van der Waals surface area contributed by atoms with Crippen LogP contribution in [0.1, 0.15) is 22.3 Å². The van der Waals surface area contributed by atoms with Crippen molar-refractivity contribution in [1.82, 2.24) is 4.90 Å². The van der Waals surface area contributed by atoms with Crippen molar-refractivity contribution < 1.29 is 28.7 Å². The second-order valence-electron chi connectivity index (χ2n) is 6.89. The molecule has 30 heavy (non-hydrogen) atoms. The fraction of sp³-hybridized carbons (Fsp3) is 0.273. The molecule has 2 aromatic carbocycles. The average molecular weight is 410 g/mol. The smallest absolute Gasteiger partial charge is 0.337 e. The van der Waals surface area contributed by atoms with Crippen LogP contribution in [-0.4, -0.2) is 48.9 Å². The Hall–Kier alpha value is -3.68. The summed E-state index contributed by atoms with van der Waals surface area (Å²) in [5.74, 6) is -2.27. The predicted molar refractivity (Wildman–Crippen MR) is 107 cm³/mol. The number of nitrogens with zero attached hydrogens (tertiary/aromatic N) is 1. The van der Waals surface area contributed by atoms with Gasteiger partial charge in [-0.15, -0.1) is 0 Å². The largest absolute Gasteiger partial charge is 0.465 e. The van der Waals surface area contributed by atoms with Crippen molar-refractivity contribution in [3.63, 3.8) is 0 Å². The SMILES string of the molecule is COC(=O)c1ccc(NC(=O)COC(=O)[C@@H]2CC(=O)N(Cc3ccccc3)C2)cc1. The first-order valence-electron chi connectivity index (χ1n) is 9.43. The monoisotopic (exact) mass is 410 g/mol. The molecule has 1 fully saturated rings. The van der Waals surface area contributed by atoms with E-state index in [1.54, 1.807) is 17.0 Å². The molecule has 0 saturated carbocycles. The third-order valence-corrected chi connectivity index (χ3v) is 4.70. The van der Waals surface area contributed by atoms with Gasteiger partial charge in [-0.1, -0.05) is 30.3 Å². The van der Waals surface area contributed by atoms with Crippen LogP contribution in [0.5, 0.6) is 0 Å². The number of benzene rings is 2. The van der Waals surface area contributed by atoms with E-state index in [9.17, 15) is 19.2 Å². The summed E-state index contributed by atoms with van der Waals surface area (Å²) in [5, 5.41) is 2.58. The summed E-state index contributed by atoms with van der Waals surface area (Å²) in [6.45, 7) is 0.246. The molecule has 1 saturated heterocycles. The van der Waals surface area contributed by atoms with Gasteiger partial charge in [-0.2, -0.15) is 0 Å². The molecule has 0 aliphatic carbocycles. The normalized spacial score (nSPS) is 15.6. The van der Waals surface area contributed by atoms with Crippen LogP contribution >= 0.6 is 0 Å². The molecule has 8 heteroatoms. The van der Waals surface area contributed by atoms with E-state index in [1.807, 2.05) is 30.3 Å². The summed E-state index contributed by atoms with van der Waals surface area (Å²) >= 11 is 0. The summed E-state index contributed by atoms with van der Waals surface area (Å²) < 4.78 is 9.69. The Morgan fingerprint density at radius 3 is 2.43 bits per heavy atom. The van der Waals surface area contributed by atoms with Crippen LogP contribution in [0.15, 0.2) is 54.6 Å². The van der Waals surface area contributed by atoms with Gasteiger partial charge < -0.3 is 19.7 Å². The van der Waals surface area contributed by atoms with E-state index in [0.717, 1.165) is 5.56 Å². The van der Waals surface area contributed by atoms with Crippen molar-refractivity contribution in [2.24, 2.45) is 5.92 Å². The molecule has 0 radical (unpaired) electrons. The maximum Gasteiger partial charge on any atom is 0.337 e. The van der Waals surface area contributed by atoms with Crippen LogP contribution in [0.2, 0.25) is 0 Å². The maximum atomic E-state index is 12.3. The molecule has 3 rings (SSSR count). The highest BCUT2D eigenvalue weighted by molar-refractivity contribution is 5.95. The quantitative estimate of drug-likeness (QED) is 0.701. The number of amides is 2. The average Bonchev–Trinajstić information content (AvgIpc) is 3.13. The second-order valence-corrected chi connectivity index (χ2v) is 6.89. The minimum Gasteiger partial charge on any atom is -0.465 e. The number of hydrogen-bond donors (Lipinski definition) is 1. The van der Waals surface area contributed by atoms with Crippen LogP contribution in [-0.2, 0) is 30.4 Å². The molecule has 1 aliphatic heterocycles. The molecule has 8 nitrogen and oxygen atoms in total. The number of nitrogens with one attached hydrogen (secondary N) is 1. The number of hydrogen-bond acceptors (Lipinski definition) is 6. The molecule has 2 aromatic rings. The van der Waals surface area contributed by atoms with E-state index in [4.69, 9.17) is 4.74 Å². The van der Waals surface area contributed by atoms with Crippen LogP contribution in [0.3, 0.4) is 0 Å². The Labute approximate surface area is 173 Å². The molecular weight excluding hydrogens is 388 g/mol. The molecule has 1 aliphatic rings. The van der Waals surface area contributed by atoms with Gasteiger partial charge in [0.15, 0.2) is 6.61 Å². The van der Waals surface area contributed by atoms with Crippen molar-refractivity contribution in [3.8, 4) is 0 Å². The summed E-state index contributed by atoms with van der Waals surface area (Å²) in [6, 6.07) is 15.6. The van der Waals surface area contributed by atoms with Gasteiger partial charge >= 0.3 is 11.9 Å². The van der Waals surface area contributed by atoms with Gasteiger partial charge in [0.2, 0.25) is 5.91 Å². The van der Waals surface area contributed by atoms with Gasteiger partial charge in [-0.3, -0.25) is 14.4 Å². The first-order chi connectivity index (χ1) is 14.5. The van der Waals surface area contributed by atoms with Crippen LogP contribution in [0.25, 0.3) is 0 Å². The van der Waals surface area contributed by atoms with Crippen molar-refractivity contribution in [2.75, 3.05) is 25.6 Å². The van der Waals surface area contributed by atoms with Crippen LogP contribution in [0, 0.1) is 5.92 Å². The van der Waals surface area contributed by atoms with Gasteiger partial charge in [-0.05, 0) is 29.8 Å². The number of ether oxygens (including phenoxy) is 2. The Morgan fingerprint density at radius 1 is 1.07 bits per heavy atom. The number of carbonyl (C=O) groups excluding carboxylic acids is 4. The highest BCUT2D eigenvalue weighted by Gasteiger charge is 2.35. The lowest BCUT2D eigenvalue weighted by atomic mass is 10.1. The van der Waals surface area contributed by atoms with E-state index in [2.05, 4.69) is 10.1 Å². The molecule has 0 bridgehead atoms. The summed E-state index contributed by atoms with van der Waals surface area (Å²) in [6.07, 6.45) is 0.0717. The van der Waals surface area contributed by atoms with Gasteiger partial charge in [0.1, 0.15) is 0 Å². The van der Waals surface area contributed by atoms with Crippen LogP contribution in [0.4, 0.5) is 5.69 Å². The molecule has 1 atom stereocenters. The predicted octanol–water partition coefficient (Wildman–Crippen LogP) is 2.00. The molecular formula is C22H22N2O6. The van der Waals surface area contributed by atoms with Crippen molar-refractivity contribution >= 4 is 29.4 Å². The van der Waals surface area contributed by atoms with Gasteiger partial charge in [-0.25, -0.2) is 4.79 Å². The van der Waals surface area contributed by atoms with E-state index in [1.165, 1.54) is 19.2 Å². The lowest BCUT2D eigenvalue weighted by Crippen LogP contribution is -2.28. The zero-order chi connectivity index (χ0) is 21.5. The number of likely N-dealkylation sites (tertiary alicyclic amines) is 1. The summed E-state index contributed by atoms with van der Waals surface area (Å²) in [7, 11) is 1.28. The van der Waals surface area contributed by atoms with Gasteiger partial charge in [0.05, 0.1) is 18.6 Å². The van der Waals surface area contributed by atoms with Crippen LogP contribution < -0.4 is 5.32 Å². The molecule has 156 valence electrons. The molecule has 1 N–H and O–H groups in total. The van der Waals surface area contributed by atoms with E-state index < -0.39 is 30.4 Å². The minimum atomic E-state index is -0.589. The Balaban J connectivity index is 1.45. The lowest BCUT2D eigenvalue weighted by molar-refractivity contribution is -0.151. The van der Waals surface area contributed by atoms with E-state index in [-0.39, 0.29) is 18.9 Å². The number of methoxy groups -OCH3 is 1. The first kappa shape index (κ1) is 21.0. The van der Waals surface area contributed by atoms with E-state index in [0.29, 0.717) is 17.8 Å². The highest BCUT2D eigenvalue weighted by atomic mass is 16.5. The Morgan fingerprint density at radius 2 is 1.77 bits per heavy atom. The fourth-order valence-corrected chi connectivity index (χ4v) is 3.15. The van der Waals surface area contributed by atoms with Crippen molar-refractivity contribution in [3.05, 3.63) is 65.7 Å². The standard InChI is InChI=1S/C22H22N2O6/c1-29-21(27)16-7-9-18(10-8-16)23-19(25)14-30-22(28)17-11-20(26)24(13-17)12-15-5-3-2-4-6-15/h2-10,17H,11-14H2,1H3,(H,23,25)/t17-/m1/s1. The van der Waals surface area contributed by atoms with Crippen molar-refractivity contribution in [2.45, 2.75) is 13.0 Å². The second kappa shape index (κ2) is 9.69. The molecule has 1 heterocycles. The summed E-state index contributed by atoms with van der Waals surface area (Å²) in [4.78, 5) is 49.5. The fourth-order valence-electron chi connectivity index (χ4n) is 3.15. The topological polar surface area (TPSA) is 102 Å². The minimum absolute atomic E-state index is 0.0717. The van der Waals surface area contributed by atoms with E-state index >= 15 is 0 Å². The maximum absolute atomic E-state index is 12.3. The molecule has 0 unspecified atom stereocenters. The molecule has 0 aromatic heterocycles. The van der Waals surface area contributed by atoms with Crippen molar-refractivity contribution in [1.29, 1.82) is 0 Å². The Bertz CT molecular complexity index is 926.